The average Bonchev–Trinajstić information content (AvgIpc) is 2.78. The Hall–Kier alpha value is -1.21. The summed E-state index contributed by atoms with van der Waals surface area (Å²) >= 11 is 1.80. The quantitative estimate of drug-likeness (QED) is 0.867. The molecular weight excluding hydrogens is 308 g/mol. The summed E-state index contributed by atoms with van der Waals surface area (Å²) in [7, 11) is -2.97. The lowest BCUT2D eigenvalue weighted by Crippen LogP contribution is -2.44. The summed E-state index contributed by atoms with van der Waals surface area (Å²) in [6.07, 6.45) is 1.39. The SMILES string of the molecule is O=C(NC1CCS(=O)(=O)C1)NC1CCSc2ccccc21. The number of sulfone groups is 1. The van der Waals surface area contributed by atoms with Crippen LogP contribution in [0.15, 0.2) is 29.2 Å². The smallest absolute Gasteiger partial charge is 0.315 e. The molecule has 0 aromatic heterocycles. The molecule has 3 rings (SSSR count). The van der Waals surface area contributed by atoms with Crippen molar-refractivity contribution in [1.82, 2.24) is 10.6 Å². The second-order valence-electron chi connectivity index (χ2n) is 5.45. The standard InChI is InChI=1S/C14H18N2O3S2/c17-14(15-10-6-8-21(18,19)9-10)16-12-5-7-20-13-4-2-1-3-11(12)13/h1-4,10,12H,5-9H2,(H2,15,16,17). The maximum Gasteiger partial charge on any atom is 0.315 e. The highest BCUT2D eigenvalue weighted by atomic mass is 32.2. The van der Waals surface area contributed by atoms with Gasteiger partial charge in [-0.25, -0.2) is 13.2 Å². The number of thioether (sulfide) groups is 1. The summed E-state index contributed by atoms with van der Waals surface area (Å²) in [5.41, 5.74) is 1.14. The van der Waals surface area contributed by atoms with E-state index in [0.29, 0.717) is 6.42 Å². The second kappa shape index (κ2) is 5.88. The number of hydrogen-bond acceptors (Lipinski definition) is 4. The van der Waals surface area contributed by atoms with Gasteiger partial charge in [0.1, 0.15) is 0 Å². The molecule has 7 heteroatoms. The number of carbonyl (C=O) groups excluding carboxylic acids is 1. The number of rotatable bonds is 2. The van der Waals surface area contributed by atoms with Crippen molar-refractivity contribution in [3.8, 4) is 0 Å². The topological polar surface area (TPSA) is 75.3 Å². The van der Waals surface area contributed by atoms with Gasteiger partial charge in [-0.15, -0.1) is 11.8 Å². The highest BCUT2D eigenvalue weighted by molar-refractivity contribution is 7.99. The maximum absolute atomic E-state index is 12.1. The minimum Gasteiger partial charge on any atom is -0.334 e. The number of fused-ring (bicyclic) bond motifs is 1. The molecule has 0 spiro atoms. The first-order valence-electron chi connectivity index (χ1n) is 7.03. The lowest BCUT2D eigenvalue weighted by molar-refractivity contribution is 0.233. The van der Waals surface area contributed by atoms with E-state index in [1.807, 2.05) is 18.2 Å². The van der Waals surface area contributed by atoms with Gasteiger partial charge >= 0.3 is 6.03 Å². The molecule has 2 aliphatic heterocycles. The van der Waals surface area contributed by atoms with Crippen LogP contribution in [0.1, 0.15) is 24.4 Å². The van der Waals surface area contributed by atoms with E-state index in [0.717, 1.165) is 17.7 Å². The lowest BCUT2D eigenvalue weighted by Gasteiger charge is -2.26. The molecule has 2 amide bonds. The Kier molecular flexibility index (Phi) is 4.12. The number of benzene rings is 1. The van der Waals surface area contributed by atoms with Gasteiger partial charge in [-0.05, 0) is 24.5 Å². The van der Waals surface area contributed by atoms with Crippen molar-refractivity contribution in [3.05, 3.63) is 29.8 Å². The van der Waals surface area contributed by atoms with Crippen molar-refractivity contribution < 1.29 is 13.2 Å². The van der Waals surface area contributed by atoms with E-state index in [4.69, 9.17) is 0 Å². The van der Waals surface area contributed by atoms with Crippen molar-refractivity contribution in [2.24, 2.45) is 0 Å². The molecule has 1 aromatic carbocycles. The first-order chi connectivity index (χ1) is 10.0. The van der Waals surface area contributed by atoms with Crippen LogP contribution in [-0.2, 0) is 9.84 Å². The van der Waals surface area contributed by atoms with Crippen LogP contribution in [-0.4, -0.2) is 37.7 Å². The molecule has 2 heterocycles. The van der Waals surface area contributed by atoms with E-state index in [-0.39, 0.29) is 29.6 Å². The Morgan fingerprint density at radius 2 is 2.00 bits per heavy atom. The summed E-state index contributed by atoms with van der Waals surface area (Å²) < 4.78 is 22.8. The summed E-state index contributed by atoms with van der Waals surface area (Å²) in [5.74, 6) is 1.19. The normalized spacial score (nSPS) is 26.9. The van der Waals surface area contributed by atoms with Crippen molar-refractivity contribution in [2.75, 3.05) is 17.3 Å². The van der Waals surface area contributed by atoms with Gasteiger partial charge in [0.05, 0.1) is 17.5 Å². The summed E-state index contributed by atoms with van der Waals surface area (Å²) in [6, 6.07) is 7.53. The van der Waals surface area contributed by atoms with Crippen molar-refractivity contribution in [3.63, 3.8) is 0 Å². The van der Waals surface area contributed by atoms with E-state index in [9.17, 15) is 13.2 Å². The summed E-state index contributed by atoms with van der Waals surface area (Å²) in [5, 5.41) is 5.75. The number of hydrogen-bond donors (Lipinski definition) is 2. The number of carbonyl (C=O) groups is 1. The molecule has 114 valence electrons. The van der Waals surface area contributed by atoms with Gasteiger partial charge in [-0.2, -0.15) is 0 Å². The summed E-state index contributed by atoms with van der Waals surface area (Å²) in [4.78, 5) is 13.3. The molecule has 5 nitrogen and oxygen atoms in total. The highest BCUT2D eigenvalue weighted by Crippen LogP contribution is 2.35. The van der Waals surface area contributed by atoms with Gasteiger partial charge in [0.15, 0.2) is 9.84 Å². The molecule has 0 aliphatic carbocycles. The predicted octanol–water partition coefficient (Wildman–Crippen LogP) is 1.71. The monoisotopic (exact) mass is 326 g/mol. The average molecular weight is 326 g/mol. The molecule has 0 radical (unpaired) electrons. The predicted molar refractivity (Wildman–Crippen MR) is 83.3 cm³/mol. The van der Waals surface area contributed by atoms with Crippen LogP contribution in [0.2, 0.25) is 0 Å². The Balaban J connectivity index is 1.61. The van der Waals surface area contributed by atoms with Crippen LogP contribution in [0.25, 0.3) is 0 Å². The van der Waals surface area contributed by atoms with Crippen LogP contribution < -0.4 is 10.6 Å². The molecular formula is C14H18N2O3S2. The lowest BCUT2D eigenvalue weighted by atomic mass is 10.0. The first kappa shape index (κ1) is 14.7. The van der Waals surface area contributed by atoms with Gasteiger partial charge in [0.2, 0.25) is 0 Å². The minimum atomic E-state index is -2.97. The third kappa shape index (κ3) is 3.52. The van der Waals surface area contributed by atoms with E-state index in [1.165, 1.54) is 4.90 Å². The Labute approximate surface area is 128 Å². The van der Waals surface area contributed by atoms with Gasteiger partial charge in [0.25, 0.3) is 0 Å². The molecule has 2 atom stereocenters. The zero-order valence-corrected chi connectivity index (χ0v) is 13.2. The van der Waals surface area contributed by atoms with E-state index < -0.39 is 9.84 Å². The molecule has 1 fully saturated rings. The third-order valence-electron chi connectivity index (χ3n) is 3.83. The van der Waals surface area contributed by atoms with Gasteiger partial charge in [-0.3, -0.25) is 0 Å². The van der Waals surface area contributed by atoms with E-state index >= 15 is 0 Å². The molecule has 1 saturated heterocycles. The van der Waals surface area contributed by atoms with E-state index in [2.05, 4.69) is 16.7 Å². The van der Waals surface area contributed by atoms with Crippen LogP contribution in [0.3, 0.4) is 0 Å². The zero-order valence-electron chi connectivity index (χ0n) is 11.5. The Morgan fingerprint density at radius 1 is 1.19 bits per heavy atom. The Bertz CT molecular complexity index is 645. The van der Waals surface area contributed by atoms with Gasteiger partial charge in [-0.1, -0.05) is 18.2 Å². The molecule has 21 heavy (non-hydrogen) atoms. The van der Waals surface area contributed by atoms with Crippen molar-refractivity contribution in [2.45, 2.75) is 29.8 Å². The van der Waals surface area contributed by atoms with Crippen LogP contribution in [0, 0.1) is 0 Å². The fourth-order valence-electron chi connectivity index (χ4n) is 2.79. The van der Waals surface area contributed by atoms with Crippen LogP contribution in [0.5, 0.6) is 0 Å². The van der Waals surface area contributed by atoms with Crippen molar-refractivity contribution in [1.29, 1.82) is 0 Å². The fourth-order valence-corrected chi connectivity index (χ4v) is 5.58. The van der Waals surface area contributed by atoms with Crippen LogP contribution in [0.4, 0.5) is 4.79 Å². The number of amides is 2. The molecule has 2 unspecified atom stereocenters. The minimum absolute atomic E-state index is 0.000426. The number of nitrogens with one attached hydrogen (secondary N) is 2. The Morgan fingerprint density at radius 3 is 2.76 bits per heavy atom. The van der Waals surface area contributed by atoms with Gasteiger partial charge < -0.3 is 10.6 Å². The first-order valence-corrected chi connectivity index (χ1v) is 9.83. The molecule has 0 bridgehead atoms. The number of urea groups is 1. The molecule has 2 aliphatic rings. The fraction of sp³-hybridized carbons (Fsp3) is 0.500. The van der Waals surface area contributed by atoms with Gasteiger partial charge in [0, 0.05) is 16.7 Å². The second-order valence-corrected chi connectivity index (χ2v) is 8.81. The largest absolute Gasteiger partial charge is 0.334 e. The van der Waals surface area contributed by atoms with Crippen LogP contribution >= 0.6 is 11.8 Å². The molecule has 1 aromatic rings. The maximum atomic E-state index is 12.1. The molecule has 0 saturated carbocycles. The third-order valence-corrected chi connectivity index (χ3v) is 6.72. The zero-order chi connectivity index (χ0) is 14.9. The highest BCUT2D eigenvalue weighted by Gasteiger charge is 2.30. The van der Waals surface area contributed by atoms with Crippen molar-refractivity contribution >= 4 is 27.6 Å². The summed E-state index contributed by atoms with van der Waals surface area (Å²) in [6.45, 7) is 0. The molecule has 2 N–H and O–H groups in total. The van der Waals surface area contributed by atoms with E-state index in [1.54, 1.807) is 11.8 Å².